The molecule has 96 valence electrons. The molecular formula is C12H17N5O. The molecule has 0 saturated carbocycles. The number of rotatable bonds is 3. The summed E-state index contributed by atoms with van der Waals surface area (Å²) in [5.41, 5.74) is 1.38. The van der Waals surface area contributed by atoms with E-state index in [1.807, 2.05) is 6.92 Å². The van der Waals surface area contributed by atoms with Crippen molar-refractivity contribution >= 4 is 16.9 Å². The lowest BCUT2D eigenvalue weighted by Gasteiger charge is -2.22. The average molecular weight is 247 g/mol. The molecule has 3 rings (SSSR count). The zero-order valence-corrected chi connectivity index (χ0v) is 10.4. The third-order valence-electron chi connectivity index (χ3n) is 3.46. The first-order valence-corrected chi connectivity index (χ1v) is 6.36. The van der Waals surface area contributed by atoms with Crippen molar-refractivity contribution in [3.8, 4) is 0 Å². The van der Waals surface area contributed by atoms with Crippen LogP contribution in [0.4, 0.5) is 5.82 Å². The Morgan fingerprint density at radius 2 is 2.22 bits per heavy atom. The Balaban J connectivity index is 1.75. The number of fused-ring (bicyclic) bond motifs is 1. The summed E-state index contributed by atoms with van der Waals surface area (Å²) in [6.07, 6.45) is 3.94. The predicted octanol–water partition coefficient (Wildman–Crippen LogP) is 1.34. The van der Waals surface area contributed by atoms with Crippen LogP contribution in [0.1, 0.15) is 18.5 Å². The predicted molar refractivity (Wildman–Crippen MR) is 68.4 cm³/mol. The molecule has 2 aromatic heterocycles. The zero-order chi connectivity index (χ0) is 12.4. The van der Waals surface area contributed by atoms with Gasteiger partial charge in [0.2, 0.25) is 0 Å². The van der Waals surface area contributed by atoms with Gasteiger partial charge in [0.05, 0.1) is 5.69 Å². The van der Waals surface area contributed by atoms with Gasteiger partial charge in [0.15, 0.2) is 0 Å². The van der Waals surface area contributed by atoms with E-state index in [4.69, 9.17) is 4.52 Å². The quantitative estimate of drug-likeness (QED) is 0.852. The van der Waals surface area contributed by atoms with E-state index in [9.17, 15) is 0 Å². The minimum atomic E-state index is 0.551. The Morgan fingerprint density at radius 3 is 3.06 bits per heavy atom. The molecule has 1 fully saturated rings. The molecule has 1 aliphatic heterocycles. The van der Waals surface area contributed by atoms with Gasteiger partial charge in [-0.05, 0) is 38.8 Å². The normalized spacial score (nSPS) is 17.2. The summed E-state index contributed by atoms with van der Waals surface area (Å²) in [5.74, 6) is 1.54. The van der Waals surface area contributed by atoms with Gasteiger partial charge in [-0.1, -0.05) is 5.16 Å². The van der Waals surface area contributed by atoms with Crippen LogP contribution in [0.15, 0.2) is 10.9 Å². The van der Waals surface area contributed by atoms with Crippen LogP contribution < -0.4 is 10.6 Å². The summed E-state index contributed by atoms with van der Waals surface area (Å²) in [4.78, 5) is 8.35. The zero-order valence-electron chi connectivity index (χ0n) is 10.4. The molecule has 1 saturated heterocycles. The van der Waals surface area contributed by atoms with Crippen LogP contribution in [0.5, 0.6) is 0 Å². The van der Waals surface area contributed by atoms with Gasteiger partial charge in [0.25, 0.3) is 5.71 Å². The number of anilines is 1. The van der Waals surface area contributed by atoms with Gasteiger partial charge in [-0.2, -0.15) is 4.98 Å². The van der Waals surface area contributed by atoms with Crippen molar-refractivity contribution in [3.63, 3.8) is 0 Å². The molecule has 3 heterocycles. The maximum absolute atomic E-state index is 5.13. The molecule has 0 aliphatic carbocycles. The average Bonchev–Trinajstić information content (AvgIpc) is 2.80. The molecule has 0 amide bonds. The molecule has 0 bridgehead atoms. The van der Waals surface area contributed by atoms with E-state index < -0.39 is 0 Å². The highest BCUT2D eigenvalue weighted by molar-refractivity contribution is 5.87. The fraction of sp³-hybridized carbons (Fsp3) is 0.583. The smallest absolute Gasteiger partial charge is 0.263 e. The van der Waals surface area contributed by atoms with Gasteiger partial charge < -0.3 is 15.2 Å². The van der Waals surface area contributed by atoms with Gasteiger partial charge in [-0.3, -0.25) is 0 Å². The number of hydrogen-bond acceptors (Lipinski definition) is 6. The first kappa shape index (κ1) is 11.4. The maximum atomic E-state index is 5.13. The van der Waals surface area contributed by atoms with E-state index in [-0.39, 0.29) is 0 Å². The van der Waals surface area contributed by atoms with Gasteiger partial charge >= 0.3 is 0 Å². The minimum absolute atomic E-state index is 0.551. The van der Waals surface area contributed by atoms with E-state index in [2.05, 4.69) is 25.8 Å². The summed E-state index contributed by atoms with van der Waals surface area (Å²) >= 11 is 0. The highest BCUT2D eigenvalue weighted by atomic mass is 16.5. The van der Waals surface area contributed by atoms with Crippen molar-refractivity contribution in [3.05, 3.63) is 12.0 Å². The minimum Gasteiger partial charge on any atom is -0.369 e. The van der Waals surface area contributed by atoms with Crippen LogP contribution in [-0.2, 0) is 0 Å². The fourth-order valence-corrected chi connectivity index (χ4v) is 2.38. The highest BCUT2D eigenvalue weighted by Crippen LogP contribution is 2.23. The van der Waals surface area contributed by atoms with Crippen molar-refractivity contribution in [2.24, 2.45) is 5.92 Å². The monoisotopic (exact) mass is 247 g/mol. The van der Waals surface area contributed by atoms with Crippen molar-refractivity contribution in [2.75, 3.05) is 25.0 Å². The molecular weight excluding hydrogens is 230 g/mol. The Hall–Kier alpha value is -1.69. The van der Waals surface area contributed by atoms with Crippen LogP contribution in [0, 0.1) is 12.8 Å². The summed E-state index contributed by atoms with van der Waals surface area (Å²) in [6, 6.07) is 0. The molecule has 6 nitrogen and oxygen atoms in total. The van der Waals surface area contributed by atoms with Gasteiger partial charge in [-0.25, -0.2) is 4.98 Å². The molecule has 0 spiro atoms. The van der Waals surface area contributed by atoms with Crippen LogP contribution in [0.25, 0.3) is 11.1 Å². The lowest BCUT2D eigenvalue weighted by atomic mass is 9.98. The van der Waals surface area contributed by atoms with E-state index in [1.165, 1.54) is 19.2 Å². The molecule has 0 unspecified atom stereocenters. The number of nitrogens with one attached hydrogen (secondary N) is 2. The van der Waals surface area contributed by atoms with Crippen molar-refractivity contribution in [1.82, 2.24) is 20.4 Å². The van der Waals surface area contributed by atoms with Gasteiger partial charge in [0, 0.05) is 6.54 Å². The van der Waals surface area contributed by atoms with Crippen LogP contribution >= 0.6 is 0 Å². The third-order valence-corrected chi connectivity index (χ3v) is 3.46. The summed E-state index contributed by atoms with van der Waals surface area (Å²) < 4.78 is 5.13. The third kappa shape index (κ3) is 2.15. The molecule has 2 N–H and O–H groups in total. The molecule has 0 radical (unpaired) electrons. The SMILES string of the molecule is Cc1noc2ncnc(NCC3CCNCC3)c12. The Morgan fingerprint density at radius 1 is 1.39 bits per heavy atom. The van der Waals surface area contributed by atoms with E-state index in [0.29, 0.717) is 11.6 Å². The van der Waals surface area contributed by atoms with Crippen molar-refractivity contribution in [1.29, 1.82) is 0 Å². The topological polar surface area (TPSA) is 75.9 Å². The first-order chi connectivity index (χ1) is 8.84. The van der Waals surface area contributed by atoms with E-state index in [0.717, 1.165) is 36.5 Å². The summed E-state index contributed by atoms with van der Waals surface area (Å²) in [6.45, 7) is 5.07. The van der Waals surface area contributed by atoms with Gasteiger partial charge in [-0.15, -0.1) is 0 Å². The largest absolute Gasteiger partial charge is 0.369 e. The lowest BCUT2D eigenvalue weighted by Crippen LogP contribution is -2.31. The second kappa shape index (κ2) is 4.89. The summed E-state index contributed by atoms with van der Waals surface area (Å²) in [5, 5.41) is 11.6. The number of aryl methyl sites for hydroxylation is 1. The Bertz CT molecular complexity index is 532. The molecule has 2 aromatic rings. The van der Waals surface area contributed by atoms with Crippen LogP contribution in [-0.4, -0.2) is 34.8 Å². The second-order valence-corrected chi connectivity index (χ2v) is 4.74. The van der Waals surface area contributed by atoms with Crippen molar-refractivity contribution < 1.29 is 4.52 Å². The number of piperidine rings is 1. The van der Waals surface area contributed by atoms with Crippen LogP contribution in [0.2, 0.25) is 0 Å². The molecule has 0 atom stereocenters. The van der Waals surface area contributed by atoms with Crippen LogP contribution in [0.3, 0.4) is 0 Å². The lowest BCUT2D eigenvalue weighted by molar-refractivity contribution is 0.389. The molecule has 0 aromatic carbocycles. The molecule has 6 heteroatoms. The molecule has 1 aliphatic rings. The van der Waals surface area contributed by atoms with E-state index in [1.54, 1.807) is 0 Å². The maximum Gasteiger partial charge on any atom is 0.263 e. The number of nitrogens with zero attached hydrogens (tertiary/aromatic N) is 3. The highest BCUT2D eigenvalue weighted by Gasteiger charge is 2.15. The standard InChI is InChI=1S/C12H17N5O/c1-8-10-11(15-7-16-12(10)18-17-8)14-6-9-2-4-13-5-3-9/h7,9,13H,2-6H2,1H3,(H,14,15,16). The van der Waals surface area contributed by atoms with E-state index >= 15 is 0 Å². The molecule has 18 heavy (non-hydrogen) atoms. The Labute approximate surface area is 105 Å². The second-order valence-electron chi connectivity index (χ2n) is 4.74. The first-order valence-electron chi connectivity index (χ1n) is 6.36. The fourth-order valence-electron chi connectivity index (χ4n) is 2.38. The van der Waals surface area contributed by atoms with Crippen molar-refractivity contribution in [2.45, 2.75) is 19.8 Å². The number of hydrogen-bond donors (Lipinski definition) is 2. The summed E-state index contributed by atoms with van der Waals surface area (Å²) in [7, 11) is 0. The number of aromatic nitrogens is 3. The Kier molecular flexibility index (Phi) is 3.10. The van der Waals surface area contributed by atoms with Gasteiger partial charge in [0.1, 0.15) is 17.5 Å².